The Kier molecular flexibility index (Phi) is 10.9. The van der Waals surface area contributed by atoms with Crippen LogP contribution >= 0.6 is 0 Å². The lowest BCUT2D eigenvalue weighted by atomic mass is 10.2. The van der Waals surface area contributed by atoms with Crippen molar-refractivity contribution in [3.05, 3.63) is 42.5 Å². The highest BCUT2D eigenvalue weighted by atomic mass is 16.5. The number of ether oxygens (including phenoxy) is 2. The Bertz CT molecular complexity index is 278. The average Bonchev–Trinajstić information content (AvgIpc) is 2.60. The van der Waals surface area contributed by atoms with E-state index in [0.717, 1.165) is 26.4 Å². The van der Waals surface area contributed by atoms with E-state index in [1.807, 2.05) is 36.4 Å². The van der Waals surface area contributed by atoms with Crippen molar-refractivity contribution >= 4 is 6.08 Å². The van der Waals surface area contributed by atoms with Gasteiger partial charge in [0.1, 0.15) is 0 Å². The number of hydrogen-bond acceptors (Lipinski definition) is 2. The molecule has 2 fully saturated rings. The molecule has 2 aliphatic heterocycles. The van der Waals surface area contributed by atoms with E-state index in [1.54, 1.807) is 0 Å². The van der Waals surface area contributed by atoms with Gasteiger partial charge in [-0.1, -0.05) is 43.0 Å². The second kappa shape index (κ2) is 12.9. The van der Waals surface area contributed by atoms with Gasteiger partial charge in [-0.2, -0.15) is 0 Å². The van der Waals surface area contributed by atoms with Crippen LogP contribution in [0.1, 0.15) is 44.1 Å². The van der Waals surface area contributed by atoms with Crippen LogP contribution in [0.4, 0.5) is 0 Å². The van der Waals surface area contributed by atoms with Crippen molar-refractivity contribution < 1.29 is 9.47 Å². The summed E-state index contributed by atoms with van der Waals surface area (Å²) in [6, 6.07) is 10.0. The van der Waals surface area contributed by atoms with Gasteiger partial charge in [-0.3, -0.25) is 0 Å². The Morgan fingerprint density at radius 1 is 0.700 bits per heavy atom. The van der Waals surface area contributed by atoms with E-state index in [0.29, 0.717) is 0 Å². The van der Waals surface area contributed by atoms with Crippen LogP contribution in [0.15, 0.2) is 36.9 Å². The third-order valence-corrected chi connectivity index (χ3v) is 3.19. The molecule has 0 N–H and O–H groups in total. The summed E-state index contributed by atoms with van der Waals surface area (Å²) < 4.78 is 10.1. The van der Waals surface area contributed by atoms with Crippen LogP contribution in [0.3, 0.4) is 0 Å². The van der Waals surface area contributed by atoms with Crippen molar-refractivity contribution in [1.29, 1.82) is 0 Å². The van der Waals surface area contributed by atoms with E-state index in [4.69, 9.17) is 9.47 Å². The first-order chi connectivity index (χ1) is 9.93. The van der Waals surface area contributed by atoms with Crippen molar-refractivity contribution in [2.45, 2.75) is 38.5 Å². The maximum absolute atomic E-state index is 5.07. The molecule has 0 saturated carbocycles. The predicted octanol–water partition coefficient (Wildman–Crippen LogP) is 4.70. The van der Waals surface area contributed by atoms with Crippen molar-refractivity contribution in [2.24, 2.45) is 0 Å². The fourth-order valence-electron chi connectivity index (χ4n) is 1.96. The number of hydrogen-bond donors (Lipinski definition) is 0. The molecule has 0 aliphatic carbocycles. The van der Waals surface area contributed by atoms with Crippen molar-refractivity contribution in [1.82, 2.24) is 0 Å². The first-order valence-corrected chi connectivity index (χ1v) is 7.76. The Balaban J connectivity index is 0.000000152. The van der Waals surface area contributed by atoms with E-state index in [-0.39, 0.29) is 0 Å². The second-order valence-electron chi connectivity index (χ2n) is 4.96. The molecule has 112 valence electrons. The highest BCUT2D eigenvalue weighted by Crippen LogP contribution is 2.02. The van der Waals surface area contributed by atoms with Crippen LogP contribution in [-0.4, -0.2) is 26.4 Å². The first-order valence-electron chi connectivity index (χ1n) is 7.76. The van der Waals surface area contributed by atoms with Crippen LogP contribution in [0, 0.1) is 0 Å². The van der Waals surface area contributed by atoms with Crippen LogP contribution < -0.4 is 0 Å². The van der Waals surface area contributed by atoms with E-state index in [1.165, 1.54) is 44.1 Å². The number of rotatable bonds is 1. The molecular weight excluding hydrogens is 248 g/mol. The molecule has 1 aromatic rings. The molecule has 2 heteroatoms. The second-order valence-corrected chi connectivity index (χ2v) is 4.96. The zero-order chi connectivity index (χ0) is 14.3. The lowest BCUT2D eigenvalue weighted by molar-refractivity contribution is 0.0967. The monoisotopic (exact) mass is 276 g/mol. The molecule has 0 aromatic heterocycles. The normalized spacial score (nSPS) is 17.8. The molecule has 2 heterocycles. The Labute approximate surface area is 123 Å². The average molecular weight is 276 g/mol. The lowest BCUT2D eigenvalue weighted by Crippen LogP contribution is -2.03. The van der Waals surface area contributed by atoms with Crippen LogP contribution in [0.25, 0.3) is 6.08 Å². The maximum atomic E-state index is 5.07. The quantitative estimate of drug-likeness (QED) is 0.740. The van der Waals surface area contributed by atoms with Crippen LogP contribution in [0.2, 0.25) is 0 Å². The van der Waals surface area contributed by atoms with Crippen molar-refractivity contribution in [3.8, 4) is 0 Å². The molecule has 0 unspecified atom stereocenters. The standard InChI is InChI=1S/C8H8.2C5H10O/c1-2-8-6-4-3-5-7-8;2*1-2-4-6-5-3-1/h2-7H,1H2;2*1-5H2. The topological polar surface area (TPSA) is 18.5 Å². The van der Waals surface area contributed by atoms with Gasteiger partial charge >= 0.3 is 0 Å². The third-order valence-electron chi connectivity index (χ3n) is 3.19. The van der Waals surface area contributed by atoms with Crippen LogP contribution in [0.5, 0.6) is 0 Å². The summed E-state index contributed by atoms with van der Waals surface area (Å²) in [5, 5.41) is 0. The minimum absolute atomic E-state index is 1.00. The maximum Gasteiger partial charge on any atom is 0.0466 e. The smallest absolute Gasteiger partial charge is 0.0466 e. The van der Waals surface area contributed by atoms with Gasteiger partial charge < -0.3 is 9.47 Å². The Morgan fingerprint density at radius 2 is 1.15 bits per heavy atom. The summed E-state index contributed by atoms with van der Waals surface area (Å²) in [6.45, 7) is 7.63. The largest absolute Gasteiger partial charge is 0.381 e. The Morgan fingerprint density at radius 3 is 1.35 bits per heavy atom. The minimum atomic E-state index is 1.00. The highest BCUT2D eigenvalue weighted by molar-refractivity contribution is 5.45. The minimum Gasteiger partial charge on any atom is -0.381 e. The van der Waals surface area contributed by atoms with Gasteiger partial charge in [0, 0.05) is 26.4 Å². The molecule has 0 radical (unpaired) electrons. The molecule has 0 bridgehead atoms. The summed E-state index contributed by atoms with van der Waals surface area (Å²) in [7, 11) is 0. The fraction of sp³-hybridized carbons (Fsp3) is 0.556. The molecule has 20 heavy (non-hydrogen) atoms. The van der Waals surface area contributed by atoms with Gasteiger partial charge in [0.2, 0.25) is 0 Å². The Hall–Kier alpha value is -1.12. The van der Waals surface area contributed by atoms with E-state index < -0.39 is 0 Å². The van der Waals surface area contributed by atoms with Gasteiger partial charge in [0.15, 0.2) is 0 Å². The molecule has 0 spiro atoms. The molecular formula is C18H28O2. The van der Waals surface area contributed by atoms with Crippen molar-refractivity contribution in [3.63, 3.8) is 0 Å². The van der Waals surface area contributed by atoms with E-state index >= 15 is 0 Å². The van der Waals surface area contributed by atoms with Gasteiger partial charge in [-0.25, -0.2) is 0 Å². The van der Waals surface area contributed by atoms with Crippen molar-refractivity contribution in [2.75, 3.05) is 26.4 Å². The SMILES string of the molecule is C1CCOCC1.C1CCOCC1.C=Cc1ccccc1. The fourth-order valence-corrected chi connectivity index (χ4v) is 1.96. The summed E-state index contributed by atoms with van der Waals surface area (Å²) in [5.74, 6) is 0. The molecule has 2 saturated heterocycles. The molecule has 2 nitrogen and oxygen atoms in total. The summed E-state index contributed by atoms with van der Waals surface area (Å²) >= 11 is 0. The lowest BCUT2D eigenvalue weighted by Gasteiger charge is -2.08. The number of benzene rings is 1. The molecule has 0 amide bonds. The van der Waals surface area contributed by atoms with Crippen LogP contribution in [-0.2, 0) is 9.47 Å². The summed E-state index contributed by atoms with van der Waals surface area (Å²) in [4.78, 5) is 0. The van der Waals surface area contributed by atoms with Gasteiger partial charge in [-0.05, 0) is 44.1 Å². The molecule has 2 aliphatic rings. The van der Waals surface area contributed by atoms with Gasteiger partial charge in [-0.15, -0.1) is 0 Å². The zero-order valence-corrected chi connectivity index (χ0v) is 12.6. The molecule has 3 rings (SSSR count). The van der Waals surface area contributed by atoms with Gasteiger partial charge in [0.25, 0.3) is 0 Å². The van der Waals surface area contributed by atoms with E-state index in [2.05, 4.69) is 6.58 Å². The molecule has 1 aromatic carbocycles. The van der Waals surface area contributed by atoms with Gasteiger partial charge in [0.05, 0.1) is 0 Å². The highest BCUT2D eigenvalue weighted by Gasteiger charge is 1.95. The first kappa shape index (κ1) is 16.9. The third kappa shape index (κ3) is 9.76. The zero-order valence-electron chi connectivity index (χ0n) is 12.6. The predicted molar refractivity (Wildman–Crippen MR) is 85.9 cm³/mol. The summed E-state index contributed by atoms with van der Waals surface area (Å²) in [5.41, 5.74) is 1.17. The molecule has 0 atom stereocenters. The van der Waals surface area contributed by atoms with E-state index in [9.17, 15) is 0 Å². The summed E-state index contributed by atoms with van der Waals surface area (Å²) in [6.07, 6.45) is 9.69.